The fourth-order valence-electron chi connectivity index (χ4n) is 2.73. The average Bonchev–Trinajstić information content (AvgIpc) is 2.59. The van der Waals surface area contributed by atoms with Gasteiger partial charge < -0.3 is 9.80 Å². The van der Waals surface area contributed by atoms with Crippen LogP contribution in [0.2, 0.25) is 0 Å². The number of allylic oxidation sites excluding steroid dienone is 2. The molecule has 0 spiro atoms. The number of sulfonamides is 1. The molecule has 0 radical (unpaired) electrons. The molecule has 0 N–H and O–H groups in total. The monoisotopic (exact) mass is 399 g/mol. The molecule has 10 heteroatoms. The fraction of sp³-hybridized carbons (Fsp3) is 0.294. The van der Waals surface area contributed by atoms with E-state index in [2.05, 4.69) is 4.40 Å². The van der Waals surface area contributed by atoms with Crippen molar-refractivity contribution in [2.75, 3.05) is 19.3 Å². The maximum absolute atomic E-state index is 12.7. The molecule has 0 saturated heterocycles. The molecule has 0 fully saturated rings. The highest BCUT2D eigenvalue weighted by molar-refractivity contribution is 7.90. The number of halogens is 3. The highest BCUT2D eigenvalue weighted by Crippen LogP contribution is 2.29. The third-order valence-corrected chi connectivity index (χ3v) is 5.29. The minimum absolute atomic E-state index is 0.0630. The molecule has 1 amide bonds. The largest absolute Gasteiger partial charge is 0.416 e. The standard InChI is InChI=1S/C17H16F3N3O3S/c1-22(11-12-4-6-13(7-5-12)17(18,19)20)16(24)14-3-2-8-23-9-10-27(25,26)21-15(14)23/h2-8H,9-11H2,1H3. The summed E-state index contributed by atoms with van der Waals surface area (Å²) in [6, 6.07) is 4.51. The van der Waals surface area contributed by atoms with E-state index >= 15 is 0 Å². The van der Waals surface area contributed by atoms with Crippen LogP contribution >= 0.6 is 0 Å². The van der Waals surface area contributed by atoms with Crippen LogP contribution in [0.1, 0.15) is 11.1 Å². The summed E-state index contributed by atoms with van der Waals surface area (Å²) in [5.74, 6) is -0.544. The third kappa shape index (κ3) is 4.21. The second kappa shape index (κ2) is 6.84. The van der Waals surface area contributed by atoms with Gasteiger partial charge in [-0.3, -0.25) is 4.79 Å². The minimum Gasteiger partial charge on any atom is -0.337 e. The number of likely N-dealkylation sites (N-methyl/N-ethyl adjacent to an activating group) is 1. The summed E-state index contributed by atoms with van der Waals surface area (Å²) in [7, 11) is -2.14. The first-order valence-corrected chi connectivity index (χ1v) is 9.57. The molecule has 0 saturated carbocycles. The van der Waals surface area contributed by atoms with Crippen molar-refractivity contribution < 1.29 is 26.4 Å². The Morgan fingerprint density at radius 1 is 1.26 bits per heavy atom. The summed E-state index contributed by atoms with van der Waals surface area (Å²) in [5.41, 5.74) is -0.131. The first kappa shape index (κ1) is 19.2. The normalized spacial score (nSPS) is 18.4. The van der Waals surface area contributed by atoms with Crippen LogP contribution in [0.3, 0.4) is 0 Å². The predicted molar refractivity (Wildman–Crippen MR) is 93.1 cm³/mol. The molecule has 27 heavy (non-hydrogen) atoms. The first-order chi connectivity index (χ1) is 12.6. The van der Waals surface area contributed by atoms with E-state index in [4.69, 9.17) is 0 Å². The van der Waals surface area contributed by atoms with Gasteiger partial charge in [0.1, 0.15) is 0 Å². The molecule has 1 aromatic carbocycles. The van der Waals surface area contributed by atoms with Gasteiger partial charge in [0.2, 0.25) is 0 Å². The molecule has 2 heterocycles. The van der Waals surface area contributed by atoms with Crippen LogP contribution in [0.4, 0.5) is 13.2 Å². The summed E-state index contributed by atoms with van der Waals surface area (Å²) in [5, 5.41) is 0. The maximum atomic E-state index is 12.7. The van der Waals surface area contributed by atoms with Crippen molar-refractivity contribution in [2.24, 2.45) is 4.40 Å². The molecule has 2 aliphatic heterocycles. The lowest BCUT2D eigenvalue weighted by Gasteiger charge is -2.30. The number of hydrogen-bond acceptors (Lipinski definition) is 4. The molecule has 3 rings (SSSR count). The number of fused-ring (bicyclic) bond motifs is 1. The van der Waals surface area contributed by atoms with E-state index < -0.39 is 27.7 Å². The smallest absolute Gasteiger partial charge is 0.337 e. The molecule has 1 aromatic rings. The summed E-state index contributed by atoms with van der Waals surface area (Å²) < 4.78 is 65.1. The summed E-state index contributed by atoms with van der Waals surface area (Å²) in [6.45, 7) is 0.267. The molecule has 0 aliphatic carbocycles. The number of amides is 1. The van der Waals surface area contributed by atoms with Crippen LogP contribution in [0, 0.1) is 0 Å². The molecule has 0 aromatic heterocycles. The number of benzene rings is 1. The number of carbonyl (C=O) groups is 1. The van der Waals surface area contributed by atoms with Gasteiger partial charge in [0.05, 0.1) is 16.9 Å². The van der Waals surface area contributed by atoms with Gasteiger partial charge in [-0.1, -0.05) is 12.1 Å². The highest BCUT2D eigenvalue weighted by Gasteiger charge is 2.32. The second-order valence-corrected chi connectivity index (χ2v) is 7.93. The van der Waals surface area contributed by atoms with Crippen LogP contribution in [0.25, 0.3) is 0 Å². The molecular formula is C17H16F3N3O3S. The fourth-order valence-corrected chi connectivity index (χ4v) is 3.72. The number of carbonyl (C=O) groups excluding carboxylic acids is 1. The maximum Gasteiger partial charge on any atom is 0.416 e. The molecule has 144 valence electrons. The predicted octanol–water partition coefficient (Wildman–Crippen LogP) is 2.16. The zero-order chi connectivity index (χ0) is 19.8. The zero-order valence-electron chi connectivity index (χ0n) is 14.3. The Morgan fingerprint density at radius 3 is 2.56 bits per heavy atom. The van der Waals surface area contributed by atoms with Crippen LogP contribution < -0.4 is 0 Å². The molecule has 0 unspecified atom stereocenters. The lowest BCUT2D eigenvalue weighted by molar-refractivity contribution is -0.137. The van der Waals surface area contributed by atoms with E-state index in [9.17, 15) is 26.4 Å². The van der Waals surface area contributed by atoms with Gasteiger partial charge in [-0.15, -0.1) is 4.40 Å². The topological polar surface area (TPSA) is 70.1 Å². The molecule has 0 bridgehead atoms. The van der Waals surface area contributed by atoms with E-state index in [0.717, 1.165) is 12.1 Å². The number of nitrogens with zero attached hydrogens (tertiary/aromatic N) is 3. The average molecular weight is 399 g/mol. The number of alkyl halides is 3. The van der Waals surface area contributed by atoms with Crippen molar-refractivity contribution in [3.63, 3.8) is 0 Å². The zero-order valence-corrected chi connectivity index (χ0v) is 15.1. The number of amidine groups is 1. The van der Waals surface area contributed by atoms with E-state index in [1.54, 1.807) is 17.2 Å². The summed E-state index contributed by atoms with van der Waals surface area (Å²) in [6.07, 6.45) is 0.311. The van der Waals surface area contributed by atoms with Gasteiger partial charge in [-0.25, -0.2) is 8.42 Å². The Morgan fingerprint density at radius 2 is 1.93 bits per heavy atom. The Kier molecular flexibility index (Phi) is 4.85. The quantitative estimate of drug-likeness (QED) is 0.781. The Balaban J connectivity index is 1.78. The van der Waals surface area contributed by atoms with Gasteiger partial charge in [0, 0.05) is 26.3 Å². The van der Waals surface area contributed by atoms with Gasteiger partial charge >= 0.3 is 6.18 Å². The molecule has 6 nitrogen and oxygen atoms in total. The molecule has 0 atom stereocenters. The SMILES string of the molecule is CN(Cc1ccc(C(F)(F)F)cc1)C(=O)C1=CC=CN2CCS(=O)(=O)N=C12. The van der Waals surface area contributed by atoms with Crippen LogP contribution in [-0.2, 0) is 27.5 Å². The van der Waals surface area contributed by atoms with E-state index in [0.29, 0.717) is 5.56 Å². The Labute approximate surface area is 154 Å². The lowest BCUT2D eigenvalue weighted by atomic mass is 10.1. The van der Waals surface area contributed by atoms with Gasteiger partial charge in [0.25, 0.3) is 15.9 Å². The number of hydrogen-bond donors (Lipinski definition) is 0. The summed E-state index contributed by atoms with van der Waals surface area (Å²) in [4.78, 5) is 15.6. The second-order valence-electron chi connectivity index (χ2n) is 6.17. The van der Waals surface area contributed by atoms with Crippen molar-refractivity contribution in [1.29, 1.82) is 0 Å². The Hall–Kier alpha value is -2.62. The van der Waals surface area contributed by atoms with E-state index in [1.807, 2.05) is 0 Å². The first-order valence-electron chi connectivity index (χ1n) is 7.96. The van der Waals surface area contributed by atoms with Crippen molar-refractivity contribution in [3.05, 3.63) is 59.3 Å². The van der Waals surface area contributed by atoms with Crippen molar-refractivity contribution in [3.8, 4) is 0 Å². The van der Waals surface area contributed by atoms with Crippen molar-refractivity contribution >= 4 is 21.8 Å². The van der Waals surface area contributed by atoms with Crippen molar-refractivity contribution in [2.45, 2.75) is 12.7 Å². The molecule has 2 aliphatic rings. The van der Waals surface area contributed by atoms with Crippen LogP contribution in [-0.4, -0.2) is 49.3 Å². The number of rotatable bonds is 3. The minimum atomic E-state index is -4.42. The van der Waals surface area contributed by atoms with Gasteiger partial charge in [-0.05, 0) is 29.8 Å². The van der Waals surface area contributed by atoms with E-state index in [-0.39, 0.29) is 30.3 Å². The van der Waals surface area contributed by atoms with Gasteiger partial charge in [0.15, 0.2) is 5.84 Å². The summed E-state index contributed by atoms with van der Waals surface area (Å²) >= 11 is 0. The lowest BCUT2D eigenvalue weighted by Crippen LogP contribution is -2.42. The molecular weight excluding hydrogens is 383 g/mol. The third-order valence-electron chi connectivity index (χ3n) is 4.14. The van der Waals surface area contributed by atoms with Gasteiger partial charge in [-0.2, -0.15) is 13.2 Å². The van der Waals surface area contributed by atoms with Crippen molar-refractivity contribution in [1.82, 2.24) is 9.80 Å². The highest BCUT2D eigenvalue weighted by atomic mass is 32.2. The van der Waals surface area contributed by atoms with Crippen LogP contribution in [0.15, 0.2) is 52.6 Å². The Bertz CT molecular complexity index is 948. The van der Waals surface area contributed by atoms with Crippen LogP contribution in [0.5, 0.6) is 0 Å². The van der Waals surface area contributed by atoms with E-state index in [1.165, 1.54) is 30.2 Å².